The lowest BCUT2D eigenvalue weighted by atomic mass is 10.3. The lowest BCUT2D eigenvalue weighted by molar-refractivity contribution is -0.130. The SMILES string of the molecule is CCOC(=O)c1cnc(SCC2CCOCO2)nc1N. The Bertz CT molecular complexity index is 466. The van der Waals surface area contributed by atoms with E-state index in [-0.39, 0.29) is 24.1 Å². The van der Waals surface area contributed by atoms with Crippen LogP contribution < -0.4 is 5.73 Å². The van der Waals surface area contributed by atoms with E-state index in [1.165, 1.54) is 18.0 Å². The van der Waals surface area contributed by atoms with Crippen LogP contribution in [0, 0.1) is 0 Å². The van der Waals surface area contributed by atoms with Crippen LogP contribution >= 0.6 is 11.8 Å². The van der Waals surface area contributed by atoms with Gasteiger partial charge in [-0.15, -0.1) is 0 Å². The minimum Gasteiger partial charge on any atom is -0.462 e. The fraction of sp³-hybridized carbons (Fsp3) is 0.583. The van der Waals surface area contributed by atoms with Gasteiger partial charge in [-0.2, -0.15) is 0 Å². The van der Waals surface area contributed by atoms with Crippen molar-refractivity contribution < 1.29 is 19.0 Å². The second kappa shape index (κ2) is 7.41. The third-order valence-electron chi connectivity index (χ3n) is 2.66. The average molecular weight is 299 g/mol. The van der Waals surface area contributed by atoms with Gasteiger partial charge in [0.05, 0.1) is 19.3 Å². The molecule has 0 bridgehead atoms. The summed E-state index contributed by atoms with van der Waals surface area (Å²) in [5.74, 6) is 0.352. The van der Waals surface area contributed by atoms with Crippen molar-refractivity contribution in [2.24, 2.45) is 0 Å². The van der Waals surface area contributed by atoms with E-state index in [2.05, 4.69) is 9.97 Å². The van der Waals surface area contributed by atoms with E-state index in [0.29, 0.717) is 18.6 Å². The quantitative estimate of drug-likeness (QED) is 0.490. The van der Waals surface area contributed by atoms with Gasteiger partial charge in [-0.3, -0.25) is 0 Å². The van der Waals surface area contributed by atoms with Crippen molar-refractivity contribution in [1.82, 2.24) is 9.97 Å². The Morgan fingerprint density at radius 2 is 2.50 bits per heavy atom. The average Bonchev–Trinajstić information content (AvgIpc) is 2.46. The summed E-state index contributed by atoms with van der Waals surface area (Å²) in [5, 5.41) is 0.519. The summed E-state index contributed by atoms with van der Waals surface area (Å²) in [4.78, 5) is 19.8. The third-order valence-corrected chi connectivity index (χ3v) is 3.65. The molecule has 1 atom stereocenters. The van der Waals surface area contributed by atoms with Crippen LogP contribution in [0.4, 0.5) is 5.82 Å². The molecule has 1 fully saturated rings. The molecule has 0 amide bonds. The predicted molar refractivity (Wildman–Crippen MR) is 73.4 cm³/mol. The number of rotatable bonds is 5. The molecule has 2 heterocycles. The Balaban J connectivity index is 1.92. The molecule has 2 N–H and O–H groups in total. The lowest BCUT2D eigenvalue weighted by Crippen LogP contribution is -2.25. The lowest BCUT2D eigenvalue weighted by Gasteiger charge is -2.21. The number of nitrogens with zero attached hydrogens (tertiary/aromatic N) is 2. The first-order chi connectivity index (χ1) is 9.70. The second-order valence-corrected chi connectivity index (χ2v) is 5.07. The van der Waals surface area contributed by atoms with E-state index < -0.39 is 5.97 Å². The molecule has 110 valence electrons. The monoisotopic (exact) mass is 299 g/mol. The molecule has 0 saturated carbocycles. The fourth-order valence-corrected chi connectivity index (χ4v) is 2.50. The molecule has 8 heteroatoms. The van der Waals surface area contributed by atoms with E-state index in [1.54, 1.807) is 6.92 Å². The largest absolute Gasteiger partial charge is 0.462 e. The van der Waals surface area contributed by atoms with Crippen molar-refractivity contribution in [1.29, 1.82) is 0 Å². The molecule has 0 spiro atoms. The van der Waals surface area contributed by atoms with Gasteiger partial charge in [0.25, 0.3) is 0 Å². The Kier molecular flexibility index (Phi) is 5.57. The van der Waals surface area contributed by atoms with Crippen LogP contribution in [-0.4, -0.2) is 47.8 Å². The molecule has 1 aliphatic rings. The number of esters is 1. The normalized spacial score (nSPS) is 18.8. The van der Waals surface area contributed by atoms with Crippen molar-refractivity contribution in [3.63, 3.8) is 0 Å². The zero-order valence-electron chi connectivity index (χ0n) is 11.2. The highest BCUT2D eigenvalue weighted by Gasteiger charge is 2.17. The number of ether oxygens (including phenoxy) is 3. The van der Waals surface area contributed by atoms with Crippen LogP contribution in [0.15, 0.2) is 11.4 Å². The van der Waals surface area contributed by atoms with Crippen LogP contribution in [0.25, 0.3) is 0 Å². The predicted octanol–water partition coefficient (Wildman–Crippen LogP) is 1.09. The number of nitrogen functional groups attached to an aromatic ring is 1. The molecular weight excluding hydrogens is 282 g/mol. The molecule has 20 heavy (non-hydrogen) atoms. The van der Waals surface area contributed by atoms with E-state index in [1.807, 2.05) is 0 Å². The van der Waals surface area contributed by atoms with E-state index >= 15 is 0 Å². The molecular formula is C12H17N3O4S. The Hall–Kier alpha value is -1.38. The molecule has 1 aromatic rings. The van der Waals surface area contributed by atoms with Crippen LogP contribution in [0.3, 0.4) is 0 Å². The summed E-state index contributed by atoms with van der Waals surface area (Å²) in [6.07, 6.45) is 2.37. The Morgan fingerprint density at radius 1 is 1.65 bits per heavy atom. The van der Waals surface area contributed by atoms with Gasteiger partial charge in [-0.05, 0) is 13.3 Å². The number of anilines is 1. The molecule has 7 nitrogen and oxygen atoms in total. The van der Waals surface area contributed by atoms with Crippen molar-refractivity contribution in [2.75, 3.05) is 31.5 Å². The highest BCUT2D eigenvalue weighted by atomic mass is 32.2. The molecule has 1 aliphatic heterocycles. The summed E-state index contributed by atoms with van der Waals surface area (Å²) in [7, 11) is 0. The van der Waals surface area contributed by atoms with Crippen molar-refractivity contribution >= 4 is 23.5 Å². The Labute approximate surface area is 121 Å². The first-order valence-electron chi connectivity index (χ1n) is 6.32. The standard InChI is InChI=1S/C12H17N3O4S/c1-2-18-11(16)9-5-14-12(15-10(9)13)20-6-8-3-4-17-7-19-8/h5,8H,2-4,6-7H2,1H3,(H2,13,14,15). The third kappa shape index (κ3) is 4.06. The number of hydrogen-bond donors (Lipinski definition) is 1. The highest BCUT2D eigenvalue weighted by Crippen LogP contribution is 2.20. The molecule has 1 aromatic heterocycles. The van der Waals surface area contributed by atoms with Gasteiger partial charge in [0.1, 0.15) is 18.2 Å². The number of aromatic nitrogens is 2. The summed E-state index contributed by atoms with van der Waals surface area (Å²) in [6.45, 7) is 3.05. The van der Waals surface area contributed by atoms with Gasteiger partial charge >= 0.3 is 5.97 Å². The summed E-state index contributed by atoms with van der Waals surface area (Å²) < 4.78 is 15.4. The van der Waals surface area contributed by atoms with E-state index in [0.717, 1.165) is 12.2 Å². The fourth-order valence-electron chi connectivity index (χ4n) is 1.61. The van der Waals surface area contributed by atoms with Gasteiger partial charge in [-0.1, -0.05) is 11.8 Å². The maximum Gasteiger partial charge on any atom is 0.343 e. The van der Waals surface area contributed by atoms with Crippen LogP contribution in [0.2, 0.25) is 0 Å². The molecule has 2 rings (SSSR count). The molecule has 0 aliphatic carbocycles. The summed E-state index contributed by atoms with van der Waals surface area (Å²) in [5.41, 5.74) is 5.94. The van der Waals surface area contributed by atoms with E-state index in [9.17, 15) is 4.79 Å². The second-order valence-electron chi connectivity index (χ2n) is 4.09. The van der Waals surface area contributed by atoms with E-state index in [4.69, 9.17) is 19.9 Å². The molecule has 1 unspecified atom stereocenters. The van der Waals surface area contributed by atoms with Crippen molar-refractivity contribution in [3.05, 3.63) is 11.8 Å². The minimum atomic E-state index is -0.505. The maximum absolute atomic E-state index is 11.6. The van der Waals surface area contributed by atoms with Gasteiger partial charge in [0.15, 0.2) is 5.16 Å². The minimum absolute atomic E-state index is 0.128. The van der Waals surface area contributed by atoms with Gasteiger partial charge in [0.2, 0.25) is 0 Å². The first kappa shape index (κ1) is 15.0. The molecule has 0 aromatic carbocycles. The summed E-state index contributed by atoms with van der Waals surface area (Å²) >= 11 is 1.44. The topological polar surface area (TPSA) is 96.6 Å². The molecule has 1 saturated heterocycles. The number of nitrogens with two attached hydrogens (primary N) is 1. The van der Waals surface area contributed by atoms with Gasteiger partial charge in [0, 0.05) is 11.9 Å². The summed E-state index contributed by atoms with van der Waals surface area (Å²) in [6, 6.07) is 0. The van der Waals surface area contributed by atoms with Crippen molar-refractivity contribution in [3.8, 4) is 0 Å². The zero-order chi connectivity index (χ0) is 14.4. The van der Waals surface area contributed by atoms with Gasteiger partial charge in [-0.25, -0.2) is 14.8 Å². The number of hydrogen-bond acceptors (Lipinski definition) is 8. The van der Waals surface area contributed by atoms with Crippen LogP contribution in [0.1, 0.15) is 23.7 Å². The van der Waals surface area contributed by atoms with Crippen LogP contribution in [0.5, 0.6) is 0 Å². The highest BCUT2D eigenvalue weighted by molar-refractivity contribution is 7.99. The van der Waals surface area contributed by atoms with Gasteiger partial charge < -0.3 is 19.9 Å². The number of thioether (sulfide) groups is 1. The van der Waals surface area contributed by atoms with Crippen LogP contribution in [-0.2, 0) is 14.2 Å². The molecule has 0 radical (unpaired) electrons. The Morgan fingerprint density at radius 3 is 3.15 bits per heavy atom. The first-order valence-corrected chi connectivity index (χ1v) is 7.31. The smallest absolute Gasteiger partial charge is 0.343 e. The maximum atomic E-state index is 11.6. The van der Waals surface area contributed by atoms with Crippen molar-refractivity contribution in [2.45, 2.75) is 24.6 Å². The number of carbonyl (C=O) groups excluding carboxylic acids is 1. The number of carbonyl (C=O) groups is 1. The zero-order valence-corrected chi connectivity index (χ0v) is 12.0.